The molecule has 8 aromatic rings. The number of benzene rings is 8. The van der Waals surface area contributed by atoms with Gasteiger partial charge in [0.1, 0.15) is 23.3 Å². The van der Waals surface area contributed by atoms with Crippen LogP contribution in [-0.2, 0) is 10.1 Å². The molecule has 2 unspecified atom stereocenters. The van der Waals surface area contributed by atoms with Gasteiger partial charge in [0.25, 0.3) is 0 Å². The Morgan fingerprint density at radius 3 is 0.848 bits per heavy atom. The van der Waals surface area contributed by atoms with Crippen LogP contribution in [0, 0.1) is 23.3 Å². The second kappa shape index (κ2) is 17.8. The van der Waals surface area contributed by atoms with Crippen LogP contribution in [0.1, 0.15) is 57.3 Å². The minimum absolute atomic E-state index is 0.303. The first-order chi connectivity index (χ1) is 32.2. The van der Waals surface area contributed by atoms with Gasteiger partial charge in [-0.25, -0.2) is 17.6 Å². The van der Waals surface area contributed by atoms with Crippen LogP contribution in [0.25, 0.3) is 22.3 Å². The molecule has 2 aliphatic heterocycles. The van der Waals surface area contributed by atoms with Crippen molar-refractivity contribution >= 4 is 49.4 Å². The number of halogens is 4. The molecule has 0 aromatic heterocycles. The van der Waals surface area contributed by atoms with Crippen LogP contribution < -0.4 is 0 Å². The van der Waals surface area contributed by atoms with E-state index in [4.69, 9.17) is 0 Å². The lowest BCUT2D eigenvalue weighted by Gasteiger charge is -2.42. The highest BCUT2D eigenvalue weighted by Crippen LogP contribution is 2.57. The predicted molar refractivity (Wildman–Crippen MR) is 269 cm³/mol. The van der Waals surface area contributed by atoms with E-state index < -0.39 is 26.9 Å². The fourth-order valence-corrected chi connectivity index (χ4v) is 17.9. The first-order valence-electron chi connectivity index (χ1n) is 22.4. The van der Waals surface area contributed by atoms with Crippen molar-refractivity contribution in [3.8, 4) is 0 Å². The number of hydrogen-bond acceptors (Lipinski definition) is 0. The third kappa shape index (κ3) is 7.38. The molecule has 66 heavy (non-hydrogen) atoms. The first-order valence-corrected chi connectivity index (χ1v) is 26.4. The molecule has 0 saturated carbocycles. The summed E-state index contributed by atoms with van der Waals surface area (Å²) in [5.41, 5.74) is 12.7. The van der Waals surface area contributed by atoms with Crippen molar-refractivity contribution in [2.75, 3.05) is 0 Å². The van der Waals surface area contributed by atoms with Crippen LogP contribution in [0.4, 0.5) is 17.6 Å². The molecule has 0 amide bonds. The van der Waals surface area contributed by atoms with E-state index >= 15 is 8.78 Å². The van der Waals surface area contributed by atoms with E-state index in [-0.39, 0.29) is 23.3 Å². The van der Waals surface area contributed by atoms with Crippen LogP contribution in [0.15, 0.2) is 218 Å². The predicted octanol–water partition coefficient (Wildman–Crippen LogP) is 14.4. The Hall–Kier alpha value is -6.87. The molecule has 0 N–H and O–H groups in total. The summed E-state index contributed by atoms with van der Waals surface area (Å²) in [7, 11) is -3.54. The Balaban J connectivity index is 1.34. The van der Waals surface area contributed by atoms with E-state index in [0.29, 0.717) is 12.8 Å². The lowest BCUT2D eigenvalue weighted by atomic mass is 9.72. The SMILES string of the molecule is C[Si]1=C(c2ccc(F)cc2)C(c2ccccc2)=C(c2ccccc2)C1(CCC1(c2ccc(F)cc2)C(c2ccccc2)=C(c2ccccc2)C(c2ccc(F)cc2)=[Si]1C)c1ccc(F)cc1. The van der Waals surface area contributed by atoms with Gasteiger partial charge in [-0.15, -0.1) is 0 Å². The number of hydrogen-bond donors (Lipinski definition) is 0. The van der Waals surface area contributed by atoms with Crippen LogP contribution in [0.5, 0.6) is 0 Å². The Labute approximate surface area is 387 Å². The van der Waals surface area contributed by atoms with Crippen molar-refractivity contribution in [2.24, 2.45) is 0 Å². The highest BCUT2D eigenvalue weighted by molar-refractivity contribution is 6.89. The maximum atomic E-state index is 15.3. The molecular weight excluding hydrogens is 853 g/mol. The topological polar surface area (TPSA) is 0 Å². The summed E-state index contributed by atoms with van der Waals surface area (Å²) in [6.07, 6.45) is 1.26. The Morgan fingerprint density at radius 1 is 0.303 bits per heavy atom. The molecule has 0 fully saturated rings. The van der Waals surface area contributed by atoms with Crippen molar-refractivity contribution in [3.05, 3.63) is 286 Å². The molecule has 10 rings (SSSR count). The van der Waals surface area contributed by atoms with Gasteiger partial charge in [-0.3, -0.25) is 0 Å². The van der Waals surface area contributed by atoms with Gasteiger partial charge in [0.05, 0.1) is 0 Å². The van der Waals surface area contributed by atoms with Gasteiger partial charge < -0.3 is 0 Å². The maximum Gasteiger partial charge on any atom is 0.123 e. The molecule has 0 nitrogen and oxygen atoms in total. The van der Waals surface area contributed by atoms with E-state index in [1.807, 2.05) is 72.8 Å². The van der Waals surface area contributed by atoms with Crippen LogP contribution in [0.2, 0.25) is 13.1 Å². The molecule has 6 heteroatoms. The van der Waals surface area contributed by atoms with Crippen molar-refractivity contribution in [2.45, 2.75) is 36.0 Å². The fourth-order valence-electron chi connectivity index (χ4n) is 11.1. The highest BCUT2D eigenvalue weighted by Gasteiger charge is 2.53. The third-order valence-corrected chi connectivity index (χ3v) is 20.7. The number of rotatable bonds is 11. The first kappa shape index (κ1) is 43.0. The van der Waals surface area contributed by atoms with Gasteiger partial charge in [-0.05, 0) is 139 Å². The van der Waals surface area contributed by atoms with Crippen molar-refractivity contribution in [3.63, 3.8) is 0 Å². The summed E-state index contributed by atoms with van der Waals surface area (Å²) in [4.78, 5) is 0. The Kier molecular flexibility index (Phi) is 11.6. The van der Waals surface area contributed by atoms with E-state index in [1.165, 1.54) is 10.3 Å². The fraction of sp³-hybridized carbons (Fsp3) is 0.100. The molecule has 0 radical (unpaired) electrons. The number of allylic oxidation sites excluding steroid dienone is 4. The average molecular weight is 899 g/mol. The molecule has 0 aliphatic carbocycles. The minimum atomic E-state index is -1.77. The summed E-state index contributed by atoms with van der Waals surface area (Å²) in [5.74, 6) is -1.23. The maximum absolute atomic E-state index is 15.3. The third-order valence-electron chi connectivity index (χ3n) is 13.9. The summed E-state index contributed by atoms with van der Waals surface area (Å²) in [5, 5.41) is 0.996. The van der Waals surface area contributed by atoms with Gasteiger partial charge in [0.2, 0.25) is 0 Å². The summed E-state index contributed by atoms with van der Waals surface area (Å²) in [6, 6.07) is 70.1. The van der Waals surface area contributed by atoms with Crippen molar-refractivity contribution in [1.82, 2.24) is 0 Å². The van der Waals surface area contributed by atoms with E-state index in [9.17, 15) is 8.78 Å². The molecular formula is C60H46F4Si2. The van der Waals surface area contributed by atoms with Gasteiger partial charge in [-0.2, -0.15) is 0 Å². The summed E-state index contributed by atoms with van der Waals surface area (Å²) < 4.78 is 60.3. The Bertz CT molecular complexity index is 2960. The average Bonchev–Trinajstić information content (AvgIpc) is 3.78. The molecule has 322 valence electrons. The second-order valence-electron chi connectivity index (χ2n) is 17.3. The standard InChI is InChI=1S/C60H46F4Si2/c1-65-57(45-23-31-49(61)32-24-45)53(41-15-7-3-8-16-41)55(43-19-11-5-12-20-43)59(65,47-27-35-51(63)36-28-47)39-40-60(48-29-37-52(64)38-30-48)56(44-21-13-6-14-22-44)54(42-17-9-4-10-18-42)58(66(60)2)46-25-33-50(62)34-26-46/h3-38H,39-40H2,1-2H3. The van der Waals surface area contributed by atoms with Crippen LogP contribution in [-0.4, -0.2) is 27.2 Å². The van der Waals surface area contributed by atoms with Crippen LogP contribution >= 0.6 is 0 Å². The normalized spacial score (nSPS) is 18.5. The molecule has 8 aromatic carbocycles. The van der Waals surface area contributed by atoms with E-state index in [0.717, 1.165) is 66.8 Å². The molecule has 0 bridgehead atoms. The smallest absolute Gasteiger partial charge is 0.123 e. The van der Waals surface area contributed by atoms with Gasteiger partial charge >= 0.3 is 0 Å². The monoisotopic (exact) mass is 898 g/mol. The largest absolute Gasteiger partial charge is 0.207 e. The van der Waals surface area contributed by atoms with Crippen molar-refractivity contribution < 1.29 is 17.6 Å². The molecule has 0 spiro atoms. The Morgan fingerprint density at radius 2 is 0.561 bits per heavy atom. The van der Waals surface area contributed by atoms with E-state index in [2.05, 4.69) is 110 Å². The van der Waals surface area contributed by atoms with Crippen molar-refractivity contribution in [1.29, 1.82) is 0 Å². The molecule has 2 aliphatic rings. The minimum Gasteiger partial charge on any atom is -0.207 e. The van der Waals surface area contributed by atoms with Gasteiger partial charge in [0, 0.05) is 26.9 Å². The van der Waals surface area contributed by atoms with Gasteiger partial charge in [0.15, 0.2) is 0 Å². The van der Waals surface area contributed by atoms with Crippen LogP contribution in [0.3, 0.4) is 0 Å². The molecule has 2 atom stereocenters. The lowest BCUT2D eigenvalue weighted by Crippen LogP contribution is -2.43. The van der Waals surface area contributed by atoms with E-state index in [1.54, 1.807) is 48.5 Å². The highest BCUT2D eigenvalue weighted by atomic mass is 28.2. The molecule has 2 heterocycles. The quantitative estimate of drug-likeness (QED) is 0.0896. The summed E-state index contributed by atoms with van der Waals surface area (Å²) >= 11 is 0. The lowest BCUT2D eigenvalue weighted by molar-refractivity contribution is 0.563. The zero-order valence-corrected chi connectivity index (χ0v) is 38.7. The zero-order chi connectivity index (χ0) is 45.4. The van der Waals surface area contributed by atoms with Gasteiger partial charge in [-0.1, -0.05) is 183 Å². The zero-order valence-electron chi connectivity index (χ0n) is 36.7. The molecule has 0 saturated heterocycles. The second-order valence-corrected chi connectivity index (χ2v) is 22.5. The summed E-state index contributed by atoms with van der Waals surface area (Å²) in [6.45, 7) is 4.75.